The van der Waals surface area contributed by atoms with Crippen molar-refractivity contribution >= 4 is 11.9 Å². The second-order valence-corrected chi connectivity index (χ2v) is 4.93. The van der Waals surface area contributed by atoms with Crippen LogP contribution in [0.5, 0.6) is 0 Å². The van der Waals surface area contributed by atoms with Crippen molar-refractivity contribution in [2.24, 2.45) is 0 Å². The highest BCUT2D eigenvalue weighted by Crippen LogP contribution is 2.30. The van der Waals surface area contributed by atoms with E-state index in [9.17, 15) is 14.7 Å². The Morgan fingerprint density at radius 3 is 2.71 bits per heavy atom. The van der Waals surface area contributed by atoms with E-state index in [4.69, 9.17) is 0 Å². The lowest BCUT2D eigenvalue weighted by Crippen LogP contribution is -2.43. The molecule has 1 atom stereocenters. The Labute approximate surface area is 121 Å². The molecule has 0 saturated carbocycles. The summed E-state index contributed by atoms with van der Waals surface area (Å²) in [5.41, 5.74) is 2.08. The molecule has 0 radical (unpaired) electrons. The van der Waals surface area contributed by atoms with Crippen LogP contribution >= 0.6 is 0 Å². The lowest BCUT2D eigenvalue weighted by molar-refractivity contribution is -0.143. The number of hydrogen-bond donors (Lipinski definition) is 1. The minimum Gasteiger partial charge on any atom is -0.479 e. The highest BCUT2D eigenvalue weighted by atomic mass is 16.4. The van der Waals surface area contributed by atoms with Crippen molar-refractivity contribution in [3.05, 3.63) is 65.5 Å². The molecule has 1 aromatic carbocycles. The van der Waals surface area contributed by atoms with Gasteiger partial charge in [0.05, 0.1) is 5.56 Å². The van der Waals surface area contributed by atoms with Gasteiger partial charge in [0.1, 0.15) is 0 Å². The van der Waals surface area contributed by atoms with Crippen LogP contribution in [-0.2, 0) is 11.2 Å². The largest absolute Gasteiger partial charge is 0.479 e. The summed E-state index contributed by atoms with van der Waals surface area (Å²) in [6, 6.07) is 9.75. The standard InChI is InChI=1S/C16H14N2O3/c19-15(12-5-3-8-17-10-12)18-9-7-11-4-1-2-6-13(11)14(18)16(20)21/h1-6,8,10,14H,7,9H2,(H,20,21)/t14-/m0/s1. The lowest BCUT2D eigenvalue weighted by atomic mass is 9.92. The smallest absolute Gasteiger partial charge is 0.331 e. The van der Waals surface area contributed by atoms with Crippen LogP contribution in [0.25, 0.3) is 0 Å². The number of pyridine rings is 1. The quantitative estimate of drug-likeness (QED) is 0.913. The SMILES string of the molecule is O=C(O)[C@@H]1c2ccccc2CCN1C(=O)c1cccnc1. The molecule has 0 unspecified atom stereocenters. The van der Waals surface area contributed by atoms with E-state index in [1.54, 1.807) is 30.5 Å². The third-order valence-electron chi connectivity index (χ3n) is 3.69. The third kappa shape index (κ3) is 2.38. The van der Waals surface area contributed by atoms with Crippen molar-refractivity contribution in [2.45, 2.75) is 12.5 Å². The minimum absolute atomic E-state index is 0.301. The van der Waals surface area contributed by atoms with Gasteiger partial charge >= 0.3 is 5.97 Å². The van der Waals surface area contributed by atoms with Gasteiger partial charge in [-0.15, -0.1) is 0 Å². The second kappa shape index (κ2) is 5.36. The van der Waals surface area contributed by atoms with Crippen LogP contribution in [0.4, 0.5) is 0 Å². The van der Waals surface area contributed by atoms with Gasteiger partial charge in [-0.3, -0.25) is 9.78 Å². The number of carboxylic acids is 1. The van der Waals surface area contributed by atoms with Gasteiger partial charge in [-0.1, -0.05) is 24.3 Å². The first kappa shape index (κ1) is 13.3. The van der Waals surface area contributed by atoms with Crippen LogP contribution in [0.2, 0.25) is 0 Å². The molecule has 1 aliphatic heterocycles. The molecule has 0 aliphatic carbocycles. The predicted molar refractivity (Wildman–Crippen MR) is 75.8 cm³/mol. The zero-order chi connectivity index (χ0) is 14.8. The van der Waals surface area contributed by atoms with E-state index in [0.29, 0.717) is 24.1 Å². The molecule has 3 rings (SSSR count). The predicted octanol–water partition coefficient (Wildman–Crippen LogP) is 1.91. The third-order valence-corrected chi connectivity index (χ3v) is 3.69. The first-order valence-corrected chi connectivity index (χ1v) is 6.70. The molecule has 1 amide bonds. The molecule has 1 aromatic heterocycles. The van der Waals surface area contributed by atoms with Crippen LogP contribution in [-0.4, -0.2) is 33.4 Å². The second-order valence-electron chi connectivity index (χ2n) is 4.93. The first-order chi connectivity index (χ1) is 10.2. The Balaban J connectivity index is 2.00. The van der Waals surface area contributed by atoms with E-state index < -0.39 is 12.0 Å². The van der Waals surface area contributed by atoms with Crippen LogP contribution in [0.3, 0.4) is 0 Å². The average Bonchev–Trinajstić information content (AvgIpc) is 2.53. The molecular formula is C16H14N2O3. The maximum Gasteiger partial charge on any atom is 0.331 e. The summed E-state index contributed by atoms with van der Waals surface area (Å²) in [7, 11) is 0. The van der Waals surface area contributed by atoms with E-state index in [1.165, 1.54) is 11.1 Å². The normalized spacial score (nSPS) is 17.1. The van der Waals surface area contributed by atoms with Crippen LogP contribution in [0.15, 0.2) is 48.8 Å². The topological polar surface area (TPSA) is 70.5 Å². The summed E-state index contributed by atoms with van der Waals surface area (Å²) in [4.78, 5) is 29.5. The average molecular weight is 282 g/mol. The van der Waals surface area contributed by atoms with Crippen molar-refractivity contribution in [1.29, 1.82) is 0 Å². The van der Waals surface area contributed by atoms with Crippen molar-refractivity contribution < 1.29 is 14.7 Å². The Kier molecular flexibility index (Phi) is 3.39. The molecule has 1 N–H and O–H groups in total. The maximum atomic E-state index is 12.5. The summed E-state index contributed by atoms with van der Waals surface area (Å²) < 4.78 is 0. The van der Waals surface area contributed by atoms with E-state index in [1.807, 2.05) is 12.1 Å². The van der Waals surface area contributed by atoms with Crippen LogP contribution < -0.4 is 0 Å². The molecule has 21 heavy (non-hydrogen) atoms. The Morgan fingerprint density at radius 1 is 1.19 bits per heavy atom. The number of benzene rings is 1. The highest BCUT2D eigenvalue weighted by Gasteiger charge is 2.36. The van der Waals surface area contributed by atoms with Gasteiger partial charge in [0.2, 0.25) is 0 Å². The summed E-state index contributed by atoms with van der Waals surface area (Å²) in [6.45, 7) is 0.391. The van der Waals surface area contributed by atoms with Gasteiger partial charge < -0.3 is 10.0 Å². The Morgan fingerprint density at radius 2 is 2.00 bits per heavy atom. The Hall–Kier alpha value is -2.69. The number of carboxylic acid groups (broad SMARTS) is 1. The van der Waals surface area contributed by atoms with Gasteiger partial charge in [0.25, 0.3) is 5.91 Å². The minimum atomic E-state index is -1.01. The molecule has 5 nitrogen and oxygen atoms in total. The summed E-state index contributed by atoms with van der Waals surface area (Å²) in [5.74, 6) is -1.32. The number of carbonyl (C=O) groups excluding carboxylic acids is 1. The number of nitrogens with zero attached hydrogens (tertiary/aromatic N) is 2. The number of rotatable bonds is 2. The Bertz CT molecular complexity index is 685. The zero-order valence-electron chi connectivity index (χ0n) is 11.3. The lowest BCUT2D eigenvalue weighted by Gasteiger charge is -2.34. The van der Waals surface area contributed by atoms with Gasteiger partial charge in [-0.2, -0.15) is 0 Å². The molecule has 2 aromatic rings. The molecular weight excluding hydrogens is 268 g/mol. The number of hydrogen-bond acceptors (Lipinski definition) is 3. The number of fused-ring (bicyclic) bond motifs is 1. The molecule has 106 valence electrons. The highest BCUT2D eigenvalue weighted by molar-refractivity contribution is 5.97. The van der Waals surface area contributed by atoms with Gasteiger partial charge in [-0.25, -0.2) is 4.79 Å². The van der Waals surface area contributed by atoms with Crippen molar-refractivity contribution in [3.8, 4) is 0 Å². The fraction of sp³-hybridized carbons (Fsp3) is 0.188. The van der Waals surface area contributed by atoms with Gasteiger partial charge in [0, 0.05) is 18.9 Å². The molecule has 0 spiro atoms. The molecule has 0 fully saturated rings. The number of carbonyl (C=O) groups is 2. The number of amides is 1. The molecule has 1 aliphatic rings. The van der Waals surface area contributed by atoms with Crippen LogP contribution in [0.1, 0.15) is 27.5 Å². The van der Waals surface area contributed by atoms with Crippen molar-refractivity contribution in [3.63, 3.8) is 0 Å². The molecule has 0 bridgehead atoms. The molecule has 2 heterocycles. The first-order valence-electron chi connectivity index (χ1n) is 6.70. The summed E-state index contributed by atoms with van der Waals surface area (Å²) in [6.07, 6.45) is 3.70. The van der Waals surface area contributed by atoms with E-state index >= 15 is 0 Å². The summed E-state index contributed by atoms with van der Waals surface area (Å²) >= 11 is 0. The van der Waals surface area contributed by atoms with Gasteiger partial charge in [0.15, 0.2) is 6.04 Å². The molecule has 5 heteroatoms. The van der Waals surface area contributed by atoms with Crippen molar-refractivity contribution in [2.75, 3.05) is 6.54 Å². The molecule has 0 saturated heterocycles. The fourth-order valence-corrected chi connectivity index (χ4v) is 2.71. The fourth-order valence-electron chi connectivity index (χ4n) is 2.71. The zero-order valence-corrected chi connectivity index (χ0v) is 11.3. The monoisotopic (exact) mass is 282 g/mol. The van der Waals surface area contributed by atoms with E-state index in [-0.39, 0.29) is 5.91 Å². The number of aliphatic carboxylic acids is 1. The van der Waals surface area contributed by atoms with E-state index in [2.05, 4.69) is 4.98 Å². The van der Waals surface area contributed by atoms with Gasteiger partial charge in [-0.05, 0) is 29.7 Å². The van der Waals surface area contributed by atoms with Crippen molar-refractivity contribution in [1.82, 2.24) is 9.88 Å². The van der Waals surface area contributed by atoms with E-state index in [0.717, 1.165) is 5.56 Å². The number of aromatic nitrogens is 1. The van der Waals surface area contributed by atoms with Crippen LogP contribution in [0, 0.1) is 0 Å². The maximum absolute atomic E-state index is 12.5. The summed E-state index contributed by atoms with van der Waals surface area (Å²) in [5, 5.41) is 9.54.